The van der Waals surface area contributed by atoms with Gasteiger partial charge in [0, 0.05) is 26.2 Å². The molecule has 1 unspecified atom stereocenters. The van der Waals surface area contributed by atoms with Gasteiger partial charge in [-0.3, -0.25) is 0 Å². The van der Waals surface area contributed by atoms with Crippen molar-refractivity contribution >= 4 is 6.09 Å². The van der Waals surface area contributed by atoms with Crippen molar-refractivity contribution in [1.82, 2.24) is 10.6 Å². The lowest BCUT2D eigenvalue weighted by atomic mass is 10.1. The first-order valence-electron chi connectivity index (χ1n) is 8.26. The first kappa shape index (κ1) is 17.8. The van der Waals surface area contributed by atoms with E-state index in [1.54, 1.807) is 0 Å². The molecule has 0 aliphatic carbocycles. The molecule has 1 saturated heterocycles. The summed E-state index contributed by atoms with van der Waals surface area (Å²) in [6.45, 7) is 9.54. The van der Waals surface area contributed by atoms with Gasteiger partial charge < -0.3 is 20.1 Å². The van der Waals surface area contributed by atoms with E-state index in [4.69, 9.17) is 9.47 Å². The van der Waals surface area contributed by atoms with Gasteiger partial charge in [0.15, 0.2) is 0 Å². The van der Waals surface area contributed by atoms with Gasteiger partial charge in [0.1, 0.15) is 5.60 Å². The lowest BCUT2D eigenvalue weighted by Gasteiger charge is -2.20. The maximum Gasteiger partial charge on any atom is 0.407 e. The van der Waals surface area contributed by atoms with Gasteiger partial charge in [0.25, 0.3) is 0 Å². The van der Waals surface area contributed by atoms with E-state index in [0.29, 0.717) is 12.5 Å². The fourth-order valence-corrected chi connectivity index (χ4v) is 2.54. The molecule has 1 aromatic rings. The Morgan fingerprint density at radius 2 is 1.96 bits per heavy atom. The van der Waals surface area contributed by atoms with Gasteiger partial charge in [-0.05, 0) is 44.2 Å². The topological polar surface area (TPSA) is 59.6 Å². The summed E-state index contributed by atoms with van der Waals surface area (Å²) >= 11 is 0. The number of alkyl carbamates (subject to hydrolysis) is 1. The van der Waals surface area contributed by atoms with Crippen LogP contribution in [0.5, 0.6) is 0 Å². The highest BCUT2D eigenvalue weighted by Gasteiger charge is 2.17. The van der Waals surface area contributed by atoms with Crippen LogP contribution in [0, 0.1) is 5.92 Å². The van der Waals surface area contributed by atoms with E-state index in [1.165, 1.54) is 5.56 Å². The quantitative estimate of drug-likeness (QED) is 0.846. The summed E-state index contributed by atoms with van der Waals surface area (Å²) in [5.74, 6) is 0.613. The number of nitrogens with one attached hydrogen (secondary N) is 2. The van der Waals surface area contributed by atoms with Gasteiger partial charge in [-0.2, -0.15) is 0 Å². The number of amides is 1. The van der Waals surface area contributed by atoms with Crippen LogP contribution < -0.4 is 10.6 Å². The number of hydrogen-bond donors (Lipinski definition) is 2. The highest BCUT2D eigenvalue weighted by atomic mass is 16.6. The summed E-state index contributed by atoms with van der Waals surface area (Å²) in [6, 6.07) is 8.13. The molecule has 1 aromatic carbocycles. The number of carbonyl (C=O) groups is 1. The molecule has 0 spiro atoms. The second-order valence-electron chi connectivity index (χ2n) is 6.98. The van der Waals surface area contributed by atoms with Crippen molar-refractivity contribution in [1.29, 1.82) is 0 Å². The van der Waals surface area contributed by atoms with Gasteiger partial charge >= 0.3 is 6.09 Å². The molecule has 2 rings (SSSR count). The molecule has 0 saturated carbocycles. The van der Waals surface area contributed by atoms with Crippen molar-refractivity contribution in [2.45, 2.75) is 45.9 Å². The fourth-order valence-electron chi connectivity index (χ4n) is 2.54. The molecule has 1 fully saturated rings. The second kappa shape index (κ2) is 8.31. The third-order valence-electron chi connectivity index (χ3n) is 3.71. The van der Waals surface area contributed by atoms with E-state index in [0.717, 1.165) is 38.3 Å². The number of rotatable bonds is 6. The Morgan fingerprint density at radius 1 is 1.26 bits per heavy atom. The predicted molar refractivity (Wildman–Crippen MR) is 90.1 cm³/mol. The molecule has 1 atom stereocenters. The monoisotopic (exact) mass is 320 g/mol. The fraction of sp³-hybridized carbons (Fsp3) is 0.611. The molecular formula is C18H28N2O3. The van der Waals surface area contributed by atoms with Crippen molar-refractivity contribution in [3.63, 3.8) is 0 Å². The molecule has 23 heavy (non-hydrogen) atoms. The normalized spacial score (nSPS) is 18.0. The predicted octanol–water partition coefficient (Wildman–Crippen LogP) is 2.84. The van der Waals surface area contributed by atoms with E-state index in [1.807, 2.05) is 39.0 Å². The van der Waals surface area contributed by atoms with Crippen LogP contribution in [-0.2, 0) is 22.6 Å². The van der Waals surface area contributed by atoms with Gasteiger partial charge in [0.05, 0.1) is 6.61 Å². The summed E-state index contributed by atoms with van der Waals surface area (Å²) in [4.78, 5) is 11.8. The summed E-state index contributed by atoms with van der Waals surface area (Å²) in [6.07, 6.45) is 0.748. The maximum atomic E-state index is 11.8. The van der Waals surface area contributed by atoms with Crippen molar-refractivity contribution in [2.24, 2.45) is 5.92 Å². The summed E-state index contributed by atoms with van der Waals surface area (Å²) in [5.41, 5.74) is 1.82. The van der Waals surface area contributed by atoms with Gasteiger partial charge in [-0.15, -0.1) is 0 Å². The number of hydrogen-bond acceptors (Lipinski definition) is 4. The highest BCUT2D eigenvalue weighted by molar-refractivity contribution is 5.67. The van der Waals surface area contributed by atoms with Crippen LogP contribution in [0.3, 0.4) is 0 Å². The molecule has 1 aliphatic heterocycles. The largest absolute Gasteiger partial charge is 0.444 e. The zero-order valence-corrected chi connectivity index (χ0v) is 14.4. The molecule has 0 aromatic heterocycles. The number of benzene rings is 1. The Hall–Kier alpha value is -1.59. The third kappa shape index (κ3) is 6.59. The third-order valence-corrected chi connectivity index (χ3v) is 3.71. The number of ether oxygens (including phenoxy) is 2. The minimum atomic E-state index is -0.478. The average Bonchev–Trinajstić information content (AvgIpc) is 2.98. The van der Waals surface area contributed by atoms with Crippen LogP contribution in [0.25, 0.3) is 0 Å². The van der Waals surface area contributed by atoms with E-state index < -0.39 is 5.60 Å². The summed E-state index contributed by atoms with van der Waals surface area (Å²) < 4.78 is 10.7. The van der Waals surface area contributed by atoms with Crippen molar-refractivity contribution in [3.05, 3.63) is 35.4 Å². The molecule has 1 heterocycles. The Kier molecular flexibility index (Phi) is 6.42. The van der Waals surface area contributed by atoms with Crippen LogP contribution >= 0.6 is 0 Å². The van der Waals surface area contributed by atoms with Crippen LogP contribution in [0.15, 0.2) is 24.3 Å². The van der Waals surface area contributed by atoms with Crippen LogP contribution in [-0.4, -0.2) is 31.5 Å². The molecule has 0 radical (unpaired) electrons. The zero-order chi connectivity index (χ0) is 16.7. The Morgan fingerprint density at radius 3 is 2.57 bits per heavy atom. The minimum Gasteiger partial charge on any atom is -0.444 e. The Labute approximate surface area is 138 Å². The van der Waals surface area contributed by atoms with Crippen molar-refractivity contribution in [3.8, 4) is 0 Å². The molecular weight excluding hydrogens is 292 g/mol. The van der Waals surface area contributed by atoms with E-state index >= 15 is 0 Å². The maximum absolute atomic E-state index is 11.8. The van der Waals surface area contributed by atoms with Crippen LogP contribution in [0.2, 0.25) is 0 Å². The molecule has 5 nitrogen and oxygen atoms in total. The van der Waals surface area contributed by atoms with Crippen molar-refractivity contribution in [2.75, 3.05) is 19.8 Å². The first-order chi connectivity index (χ1) is 10.9. The summed E-state index contributed by atoms with van der Waals surface area (Å²) in [5, 5.41) is 6.30. The molecule has 2 N–H and O–H groups in total. The zero-order valence-electron chi connectivity index (χ0n) is 14.4. The standard InChI is InChI=1S/C18H28N2O3/c1-18(2,3)23-17(21)20-12-16-7-5-4-6-15(16)11-19-10-14-8-9-22-13-14/h4-7,14,19H,8-13H2,1-3H3,(H,20,21). The van der Waals surface area contributed by atoms with Crippen LogP contribution in [0.4, 0.5) is 4.79 Å². The SMILES string of the molecule is CC(C)(C)OC(=O)NCc1ccccc1CNCC1CCOC1. The molecule has 1 amide bonds. The van der Waals surface area contributed by atoms with E-state index in [-0.39, 0.29) is 6.09 Å². The summed E-state index contributed by atoms with van der Waals surface area (Å²) in [7, 11) is 0. The van der Waals surface area contributed by atoms with E-state index in [2.05, 4.69) is 16.7 Å². The molecule has 128 valence electrons. The lowest BCUT2D eigenvalue weighted by Crippen LogP contribution is -2.32. The second-order valence-corrected chi connectivity index (χ2v) is 6.98. The number of carbonyl (C=O) groups excluding carboxylic acids is 1. The molecule has 1 aliphatic rings. The van der Waals surface area contributed by atoms with Crippen molar-refractivity contribution < 1.29 is 14.3 Å². The first-order valence-corrected chi connectivity index (χ1v) is 8.26. The molecule has 5 heteroatoms. The van der Waals surface area contributed by atoms with Crippen LogP contribution in [0.1, 0.15) is 38.3 Å². The average molecular weight is 320 g/mol. The Bertz CT molecular complexity index is 505. The van der Waals surface area contributed by atoms with Gasteiger partial charge in [-0.1, -0.05) is 24.3 Å². The minimum absolute atomic E-state index is 0.386. The lowest BCUT2D eigenvalue weighted by molar-refractivity contribution is 0.0523. The molecule has 0 bridgehead atoms. The van der Waals surface area contributed by atoms with Gasteiger partial charge in [0.2, 0.25) is 0 Å². The highest BCUT2D eigenvalue weighted by Crippen LogP contribution is 2.13. The van der Waals surface area contributed by atoms with Gasteiger partial charge in [-0.25, -0.2) is 4.79 Å². The van der Waals surface area contributed by atoms with E-state index in [9.17, 15) is 4.79 Å². The Balaban J connectivity index is 1.80. The smallest absolute Gasteiger partial charge is 0.407 e.